The number of hydrogen-bond donors (Lipinski definition) is 1. The maximum Gasteiger partial charge on any atom is 0.124 e. The topological polar surface area (TPSA) is 21.3 Å². The van der Waals surface area contributed by atoms with Crippen LogP contribution >= 0.6 is 27.5 Å². The molecule has 0 radical (unpaired) electrons. The van der Waals surface area contributed by atoms with Crippen molar-refractivity contribution >= 4 is 27.5 Å². The highest BCUT2D eigenvalue weighted by Gasteiger charge is 2.13. The van der Waals surface area contributed by atoms with Gasteiger partial charge in [0, 0.05) is 28.2 Å². The third-order valence-electron chi connectivity index (χ3n) is 4.86. The molecule has 140 valence electrons. The lowest BCUT2D eigenvalue weighted by Gasteiger charge is -2.18. The lowest BCUT2D eigenvalue weighted by molar-refractivity contribution is 0.301. The van der Waals surface area contributed by atoms with E-state index in [4.69, 9.17) is 16.3 Å². The molecule has 26 heavy (non-hydrogen) atoms. The fraction of sp³-hybridized carbons (Fsp3) is 0.429. The molecule has 0 saturated heterocycles. The van der Waals surface area contributed by atoms with Crippen molar-refractivity contribution in [3.8, 4) is 5.75 Å². The van der Waals surface area contributed by atoms with Gasteiger partial charge in [-0.05, 0) is 43.2 Å². The molecule has 1 N–H and O–H groups in total. The van der Waals surface area contributed by atoms with Crippen molar-refractivity contribution in [2.45, 2.75) is 57.7 Å². The van der Waals surface area contributed by atoms with Crippen LogP contribution in [0.5, 0.6) is 5.75 Å². The molecule has 0 heterocycles. The second-order valence-electron chi connectivity index (χ2n) is 6.85. The summed E-state index contributed by atoms with van der Waals surface area (Å²) in [5.74, 6) is 0.491. The lowest BCUT2D eigenvalue weighted by atomic mass is 10.1. The maximum atomic E-state index is 13.2. The number of benzene rings is 2. The first-order chi connectivity index (χ1) is 12.6. The summed E-state index contributed by atoms with van der Waals surface area (Å²) < 4.78 is 20.2. The Labute approximate surface area is 168 Å². The van der Waals surface area contributed by atoms with Crippen molar-refractivity contribution in [2.75, 3.05) is 0 Å². The summed E-state index contributed by atoms with van der Waals surface area (Å²) in [4.78, 5) is 0. The van der Waals surface area contributed by atoms with Gasteiger partial charge in [0.1, 0.15) is 18.2 Å². The summed E-state index contributed by atoms with van der Waals surface area (Å²) in [5.41, 5.74) is 1.89. The molecule has 2 nitrogen and oxygen atoms in total. The number of nitrogens with one attached hydrogen (secondary N) is 1. The minimum absolute atomic E-state index is 0.317. The molecule has 0 bridgehead atoms. The van der Waals surface area contributed by atoms with Crippen LogP contribution in [0.1, 0.15) is 49.7 Å². The third-order valence-corrected chi connectivity index (χ3v) is 5.70. The third kappa shape index (κ3) is 5.70. The molecule has 1 aliphatic carbocycles. The molecule has 5 heteroatoms. The molecule has 1 saturated carbocycles. The van der Waals surface area contributed by atoms with Gasteiger partial charge in [-0.15, -0.1) is 0 Å². The van der Waals surface area contributed by atoms with Gasteiger partial charge in [0.25, 0.3) is 0 Å². The molecule has 0 unspecified atom stereocenters. The highest BCUT2D eigenvalue weighted by Crippen LogP contribution is 2.26. The van der Waals surface area contributed by atoms with Crippen LogP contribution in [0.2, 0.25) is 5.02 Å². The first-order valence-corrected chi connectivity index (χ1v) is 10.4. The van der Waals surface area contributed by atoms with E-state index in [0.29, 0.717) is 17.7 Å². The van der Waals surface area contributed by atoms with Crippen molar-refractivity contribution in [1.29, 1.82) is 0 Å². The Hall–Kier alpha value is -1.10. The summed E-state index contributed by atoms with van der Waals surface area (Å²) in [7, 11) is 0. The van der Waals surface area contributed by atoms with Crippen LogP contribution in [0, 0.1) is 5.82 Å². The minimum atomic E-state index is -0.337. The van der Waals surface area contributed by atoms with Gasteiger partial charge in [0.15, 0.2) is 0 Å². The molecule has 0 aliphatic heterocycles. The summed E-state index contributed by atoms with van der Waals surface area (Å²) in [5, 5.41) is 4.08. The van der Waals surface area contributed by atoms with Crippen molar-refractivity contribution < 1.29 is 9.13 Å². The predicted octanol–water partition coefficient (Wildman–Crippen LogP) is 6.63. The number of ether oxygens (including phenoxy) is 1. The van der Waals surface area contributed by atoms with Crippen LogP contribution < -0.4 is 10.1 Å². The molecule has 0 atom stereocenters. The summed E-state index contributed by atoms with van der Waals surface area (Å²) in [6.45, 7) is 1.09. The molecule has 1 fully saturated rings. The molecule has 0 spiro atoms. The predicted molar refractivity (Wildman–Crippen MR) is 108 cm³/mol. The molecule has 3 rings (SSSR count). The largest absolute Gasteiger partial charge is 0.489 e. The maximum absolute atomic E-state index is 13.2. The van der Waals surface area contributed by atoms with E-state index in [1.165, 1.54) is 50.7 Å². The number of hydrogen-bond acceptors (Lipinski definition) is 2. The molecule has 0 aromatic heterocycles. The smallest absolute Gasteiger partial charge is 0.124 e. The fourth-order valence-electron chi connectivity index (χ4n) is 3.36. The van der Waals surface area contributed by atoms with Gasteiger partial charge < -0.3 is 10.1 Å². The highest BCUT2D eigenvalue weighted by atomic mass is 79.9. The molecule has 2 aromatic carbocycles. The van der Waals surface area contributed by atoms with Crippen LogP contribution in [0.3, 0.4) is 0 Å². The van der Waals surface area contributed by atoms with E-state index in [0.717, 1.165) is 27.9 Å². The summed E-state index contributed by atoms with van der Waals surface area (Å²) in [6.07, 6.45) is 7.81. The van der Waals surface area contributed by atoms with Gasteiger partial charge in [0.05, 0.1) is 5.02 Å². The van der Waals surface area contributed by atoms with E-state index in [1.807, 2.05) is 12.1 Å². The molecular weight excluding hydrogens is 417 g/mol. The standard InChI is InChI=1S/C21H24BrClFNO/c22-17-8-10-21(26-14-15-7-9-18(24)12-20(15)23)16(11-17)13-25-19-5-3-1-2-4-6-19/h7-12,19,25H,1-6,13-14H2. The second kappa shape index (κ2) is 9.72. The zero-order valence-electron chi connectivity index (χ0n) is 14.7. The first-order valence-electron chi connectivity index (χ1n) is 9.20. The van der Waals surface area contributed by atoms with E-state index in [1.54, 1.807) is 6.07 Å². The van der Waals surface area contributed by atoms with Crippen molar-refractivity contribution in [3.63, 3.8) is 0 Å². The van der Waals surface area contributed by atoms with Crippen molar-refractivity contribution in [1.82, 2.24) is 5.32 Å². The van der Waals surface area contributed by atoms with Crippen LogP contribution in [0.15, 0.2) is 40.9 Å². The van der Waals surface area contributed by atoms with Gasteiger partial charge in [-0.25, -0.2) is 4.39 Å². The summed E-state index contributed by atoms with van der Waals surface area (Å²) >= 11 is 9.64. The molecule has 0 amide bonds. The Kier molecular flexibility index (Phi) is 7.35. The van der Waals surface area contributed by atoms with E-state index >= 15 is 0 Å². The lowest BCUT2D eigenvalue weighted by Crippen LogP contribution is -2.28. The van der Waals surface area contributed by atoms with Gasteiger partial charge >= 0.3 is 0 Å². The Bertz CT molecular complexity index is 732. The van der Waals surface area contributed by atoms with E-state index in [9.17, 15) is 4.39 Å². The second-order valence-corrected chi connectivity index (χ2v) is 8.17. The fourth-order valence-corrected chi connectivity index (χ4v) is 3.99. The quantitative estimate of drug-likeness (QED) is 0.509. The summed E-state index contributed by atoms with van der Waals surface area (Å²) in [6, 6.07) is 11.0. The van der Waals surface area contributed by atoms with E-state index in [2.05, 4.69) is 27.3 Å². The van der Waals surface area contributed by atoms with Gasteiger partial charge in [-0.3, -0.25) is 0 Å². The Morgan fingerprint density at radius 3 is 2.54 bits per heavy atom. The molecule has 1 aliphatic rings. The normalized spacial score (nSPS) is 15.7. The monoisotopic (exact) mass is 439 g/mol. The average molecular weight is 441 g/mol. The SMILES string of the molecule is Fc1ccc(COc2ccc(Br)cc2CNC2CCCCCC2)c(Cl)c1. The van der Waals surface area contributed by atoms with Gasteiger partial charge in [-0.1, -0.05) is 59.3 Å². The van der Waals surface area contributed by atoms with Crippen molar-refractivity contribution in [3.05, 3.63) is 62.8 Å². The van der Waals surface area contributed by atoms with E-state index in [-0.39, 0.29) is 5.82 Å². The van der Waals surface area contributed by atoms with Crippen LogP contribution in [-0.2, 0) is 13.2 Å². The zero-order valence-corrected chi connectivity index (χ0v) is 17.1. The van der Waals surface area contributed by atoms with Crippen LogP contribution in [-0.4, -0.2) is 6.04 Å². The Balaban J connectivity index is 1.65. The first kappa shape index (κ1) is 19.7. The molecular formula is C21H24BrClFNO. The number of rotatable bonds is 6. The van der Waals surface area contributed by atoms with Gasteiger partial charge in [0.2, 0.25) is 0 Å². The van der Waals surface area contributed by atoms with Gasteiger partial charge in [-0.2, -0.15) is 0 Å². The average Bonchev–Trinajstić information content (AvgIpc) is 2.89. The minimum Gasteiger partial charge on any atom is -0.489 e. The van der Waals surface area contributed by atoms with Crippen LogP contribution in [0.25, 0.3) is 0 Å². The van der Waals surface area contributed by atoms with E-state index < -0.39 is 0 Å². The molecule has 2 aromatic rings. The van der Waals surface area contributed by atoms with Crippen LogP contribution in [0.4, 0.5) is 4.39 Å². The highest BCUT2D eigenvalue weighted by molar-refractivity contribution is 9.10. The Morgan fingerprint density at radius 1 is 1.04 bits per heavy atom. The Morgan fingerprint density at radius 2 is 1.81 bits per heavy atom. The number of halogens is 3. The van der Waals surface area contributed by atoms with Crippen molar-refractivity contribution in [2.24, 2.45) is 0 Å². The zero-order chi connectivity index (χ0) is 18.4.